The van der Waals surface area contributed by atoms with Crippen molar-refractivity contribution in [2.24, 2.45) is 5.92 Å². The zero-order valence-corrected chi connectivity index (χ0v) is 10.9. The van der Waals surface area contributed by atoms with E-state index < -0.39 is 0 Å². The van der Waals surface area contributed by atoms with Crippen LogP contribution in [-0.4, -0.2) is 18.9 Å². The molecule has 1 aliphatic rings. The van der Waals surface area contributed by atoms with Gasteiger partial charge in [-0.05, 0) is 24.5 Å². The number of rotatable bonds is 2. The van der Waals surface area contributed by atoms with Crippen LogP contribution in [0.25, 0.3) is 0 Å². The van der Waals surface area contributed by atoms with E-state index >= 15 is 0 Å². The number of Topliss-reactive ketones (excluding diaryl/α,β-unsaturated/α-hetero) is 1. The molecule has 18 heavy (non-hydrogen) atoms. The van der Waals surface area contributed by atoms with Crippen LogP contribution in [0.1, 0.15) is 30.7 Å². The molecule has 0 radical (unpaired) electrons. The molecule has 0 bridgehead atoms. The minimum atomic E-state index is -0.281. The molecule has 0 amide bonds. The van der Waals surface area contributed by atoms with Crippen molar-refractivity contribution in [2.45, 2.75) is 25.2 Å². The largest absolute Gasteiger partial charge is 0.469 e. The SMILES string of the molecule is COC(=O)C1CCC(=O)C(c2ccccc2Cl)C1. The Hall–Kier alpha value is -1.35. The fraction of sp³-hybridized carbons (Fsp3) is 0.429. The number of ketones is 1. The summed E-state index contributed by atoms with van der Waals surface area (Å²) in [5, 5.41) is 0.585. The molecule has 0 aliphatic heterocycles. The molecular formula is C14H15ClO3. The van der Waals surface area contributed by atoms with Crippen molar-refractivity contribution in [1.29, 1.82) is 0 Å². The van der Waals surface area contributed by atoms with Gasteiger partial charge in [0.25, 0.3) is 0 Å². The minimum Gasteiger partial charge on any atom is -0.469 e. The Morgan fingerprint density at radius 2 is 2.11 bits per heavy atom. The van der Waals surface area contributed by atoms with Crippen molar-refractivity contribution >= 4 is 23.4 Å². The molecule has 96 valence electrons. The molecule has 0 N–H and O–H groups in total. The Bertz CT molecular complexity index is 470. The summed E-state index contributed by atoms with van der Waals surface area (Å²) in [6.07, 6.45) is 1.48. The van der Waals surface area contributed by atoms with Gasteiger partial charge in [0.2, 0.25) is 0 Å². The van der Waals surface area contributed by atoms with E-state index in [1.807, 2.05) is 18.2 Å². The number of halogens is 1. The van der Waals surface area contributed by atoms with Crippen LogP contribution < -0.4 is 0 Å². The molecule has 3 nitrogen and oxygen atoms in total. The molecule has 1 fully saturated rings. The highest BCUT2D eigenvalue weighted by Crippen LogP contribution is 2.37. The number of esters is 1. The van der Waals surface area contributed by atoms with Crippen molar-refractivity contribution < 1.29 is 14.3 Å². The zero-order valence-electron chi connectivity index (χ0n) is 10.2. The summed E-state index contributed by atoms with van der Waals surface area (Å²) in [5.41, 5.74) is 0.817. The van der Waals surface area contributed by atoms with Gasteiger partial charge in [-0.2, -0.15) is 0 Å². The van der Waals surface area contributed by atoms with Gasteiger partial charge in [0.15, 0.2) is 0 Å². The molecule has 4 heteroatoms. The molecule has 0 saturated heterocycles. The van der Waals surface area contributed by atoms with Crippen LogP contribution in [0.3, 0.4) is 0 Å². The number of carbonyl (C=O) groups excluding carboxylic acids is 2. The lowest BCUT2D eigenvalue weighted by Gasteiger charge is -2.27. The molecule has 0 heterocycles. The number of hydrogen-bond acceptors (Lipinski definition) is 3. The number of methoxy groups -OCH3 is 1. The van der Waals surface area contributed by atoms with Gasteiger partial charge >= 0.3 is 5.97 Å². The fourth-order valence-corrected chi connectivity index (χ4v) is 2.73. The topological polar surface area (TPSA) is 43.4 Å². The molecule has 1 saturated carbocycles. The van der Waals surface area contributed by atoms with E-state index in [1.165, 1.54) is 7.11 Å². The third-order valence-corrected chi connectivity index (χ3v) is 3.81. The van der Waals surface area contributed by atoms with E-state index in [2.05, 4.69) is 0 Å². The second kappa shape index (κ2) is 5.53. The van der Waals surface area contributed by atoms with Gasteiger partial charge in [0.05, 0.1) is 13.0 Å². The third-order valence-electron chi connectivity index (χ3n) is 3.46. The molecule has 2 rings (SSSR count). The monoisotopic (exact) mass is 266 g/mol. The van der Waals surface area contributed by atoms with E-state index in [1.54, 1.807) is 6.07 Å². The van der Waals surface area contributed by atoms with Gasteiger partial charge in [-0.15, -0.1) is 0 Å². The van der Waals surface area contributed by atoms with E-state index in [4.69, 9.17) is 16.3 Å². The number of hydrogen-bond donors (Lipinski definition) is 0. The van der Waals surface area contributed by atoms with E-state index in [9.17, 15) is 9.59 Å². The predicted molar refractivity (Wildman–Crippen MR) is 68.6 cm³/mol. The lowest BCUT2D eigenvalue weighted by atomic mass is 9.77. The lowest BCUT2D eigenvalue weighted by molar-refractivity contribution is -0.147. The standard InChI is InChI=1S/C14H15ClO3/c1-18-14(17)9-6-7-13(16)11(8-9)10-4-2-3-5-12(10)15/h2-5,9,11H,6-8H2,1H3. The third kappa shape index (κ3) is 2.56. The van der Waals surface area contributed by atoms with Crippen molar-refractivity contribution in [1.82, 2.24) is 0 Å². The molecule has 1 aromatic carbocycles. The summed E-state index contributed by atoms with van der Waals surface area (Å²) in [7, 11) is 1.38. The second-order valence-electron chi connectivity index (χ2n) is 4.53. The Morgan fingerprint density at radius 3 is 2.78 bits per heavy atom. The van der Waals surface area contributed by atoms with Crippen LogP contribution in [0, 0.1) is 5.92 Å². The summed E-state index contributed by atoms with van der Waals surface area (Å²) >= 11 is 6.12. The maximum atomic E-state index is 12.0. The van der Waals surface area contributed by atoms with Crippen LogP contribution in [-0.2, 0) is 14.3 Å². The first-order valence-corrected chi connectivity index (χ1v) is 6.36. The van der Waals surface area contributed by atoms with E-state index in [-0.39, 0.29) is 23.6 Å². The van der Waals surface area contributed by atoms with Crippen molar-refractivity contribution in [3.8, 4) is 0 Å². The average Bonchev–Trinajstić information content (AvgIpc) is 2.39. The van der Waals surface area contributed by atoms with Crippen LogP contribution in [0.5, 0.6) is 0 Å². The van der Waals surface area contributed by atoms with Gasteiger partial charge in [-0.3, -0.25) is 9.59 Å². The molecule has 1 aromatic rings. The van der Waals surface area contributed by atoms with Gasteiger partial charge in [0, 0.05) is 17.4 Å². The lowest BCUT2D eigenvalue weighted by Crippen LogP contribution is -2.28. The van der Waals surface area contributed by atoms with Crippen molar-refractivity contribution in [3.05, 3.63) is 34.9 Å². The van der Waals surface area contributed by atoms with Crippen LogP contribution in [0.4, 0.5) is 0 Å². The highest BCUT2D eigenvalue weighted by Gasteiger charge is 2.34. The highest BCUT2D eigenvalue weighted by atomic mass is 35.5. The first kappa shape index (κ1) is 13.1. The molecule has 2 atom stereocenters. The van der Waals surface area contributed by atoms with Gasteiger partial charge in [0.1, 0.15) is 5.78 Å². The number of ether oxygens (including phenoxy) is 1. The normalized spacial score (nSPS) is 23.8. The Kier molecular flexibility index (Phi) is 4.02. The molecule has 0 aromatic heterocycles. The molecule has 1 aliphatic carbocycles. The number of carbonyl (C=O) groups is 2. The first-order valence-electron chi connectivity index (χ1n) is 5.98. The van der Waals surface area contributed by atoms with Crippen molar-refractivity contribution in [3.63, 3.8) is 0 Å². The molecular weight excluding hydrogens is 252 g/mol. The van der Waals surface area contributed by atoms with Gasteiger partial charge in [-0.1, -0.05) is 29.8 Å². The summed E-state index contributed by atoms with van der Waals surface area (Å²) in [6, 6.07) is 7.31. The Balaban J connectivity index is 2.23. The van der Waals surface area contributed by atoms with Crippen LogP contribution >= 0.6 is 11.6 Å². The zero-order chi connectivity index (χ0) is 13.1. The second-order valence-corrected chi connectivity index (χ2v) is 4.94. The van der Waals surface area contributed by atoms with E-state index in [0.29, 0.717) is 24.3 Å². The van der Waals surface area contributed by atoms with E-state index in [0.717, 1.165) is 5.56 Å². The molecule has 0 spiro atoms. The maximum Gasteiger partial charge on any atom is 0.308 e. The highest BCUT2D eigenvalue weighted by molar-refractivity contribution is 6.31. The van der Waals surface area contributed by atoms with Crippen LogP contribution in [0.15, 0.2) is 24.3 Å². The van der Waals surface area contributed by atoms with Gasteiger partial charge < -0.3 is 4.74 Å². The van der Waals surface area contributed by atoms with Crippen molar-refractivity contribution in [2.75, 3.05) is 7.11 Å². The quantitative estimate of drug-likeness (QED) is 0.773. The predicted octanol–water partition coefficient (Wildman–Crippen LogP) is 2.97. The van der Waals surface area contributed by atoms with Gasteiger partial charge in [-0.25, -0.2) is 0 Å². The first-order chi connectivity index (χ1) is 8.63. The fourth-order valence-electron chi connectivity index (χ4n) is 2.46. The minimum absolute atomic E-state index is 0.156. The number of benzene rings is 1. The summed E-state index contributed by atoms with van der Waals surface area (Å²) < 4.78 is 4.76. The summed E-state index contributed by atoms with van der Waals surface area (Å²) in [4.78, 5) is 23.6. The van der Waals surface area contributed by atoms with Crippen LogP contribution in [0.2, 0.25) is 5.02 Å². The Labute approximate surface area is 111 Å². The summed E-state index contributed by atoms with van der Waals surface area (Å²) in [6.45, 7) is 0. The Morgan fingerprint density at radius 1 is 1.39 bits per heavy atom. The maximum absolute atomic E-state index is 12.0. The summed E-state index contributed by atoms with van der Waals surface area (Å²) in [5.74, 6) is -0.562. The smallest absolute Gasteiger partial charge is 0.308 e. The average molecular weight is 267 g/mol. The molecule has 2 unspecified atom stereocenters.